The van der Waals surface area contributed by atoms with Crippen LogP contribution >= 0.6 is 0 Å². The number of fused-ring (bicyclic) bond motifs is 1. The Bertz CT molecular complexity index is 544. The van der Waals surface area contributed by atoms with Gasteiger partial charge in [0.2, 0.25) is 11.8 Å². The molecule has 1 aromatic rings. The first-order valence-corrected chi connectivity index (χ1v) is 7.07. The van der Waals surface area contributed by atoms with Crippen LogP contribution < -0.4 is 11.1 Å². The lowest BCUT2D eigenvalue weighted by atomic mass is 9.97. The van der Waals surface area contributed by atoms with E-state index in [-0.39, 0.29) is 23.8 Å². The van der Waals surface area contributed by atoms with Crippen molar-refractivity contribution in [2.45, 2.75) is 25.3 Å². The number of nitrogens with zero attached hydrogens (tertiary/aromatic N) is 1. The van der Waals surface area contributed by atoms with Crippen LogP contribution in [-0.2, 0) is 16.0 Å². The lowest BCUT2D eigenvalue weighted by Crippen LogP contribution is -2.44. The summed E-state index contributed by atoms with van der Waals surface area (Å²) in [6.45, 7) is 1.10. The lowest BCUT2D eigenvalue weighted by Gasteiger charge is -2.29. The highest BCUT2D eigenvalue weighted by atomic mass is 16.2. The SMILES string of the molecule is NC(=O)C1CCN(C(=O)C2CCc3ccccc3N2)C1. The van der Waals surface area contributed by atoms with E-state index in [4.69, 9.17) is 5.73 Å². The third-order valence-electron chi connectivity index (χ3n) is 4.25. The highest BCUT2D eigenvalue weighted by Crippen LogP contribution is 2.26. The highest BCUT2D eigenvalue weighted by Gasteiger charge is 2.34. The number of hydrogen-bond acceptors (Lipinski definition) is 3. The average molecular weight is 273 g/mol. The maximum Gasteiger partial charge on any atom is 0.245 e. The van der Waals surface area contributed by atoms with Gasteiger partial charge < -0.3 is 16.0 Å². The van der Waals surface area contributed by atoms with E-state index in [0.717, 1.165) is 18.5 Å². The second kappa shape index (κ2) is 5.15. The molecule has 2 atom stereocenters. The molecule has 2 aliphatic heterocycles. The number of aryl methyl sites for hydroxylation is 1. The van der Waals surface area contributed by atoms with E-state index in [1.807, 2.05) is 18.2 Å². The molecule has 0 spiro atoms. The number of nitrogens with one attached hydrogen (secondary N) is 1. The second-order valence-electron chi connectivity index (χ2n) is 5.56. The third kappa shape index (κ3) is 2.35. The molecule has 0 bridgehead atoms. The van der Waals surface area contributed by atoms with Crippen molar-refractivity contribution >= 4 is 17.5 Å². The Morgan fingerprint density at radius 2 is 2.05 bits per heavy atom. The number of para-hydroxylation sites is 1. The van der Waals surface area contributed by atoms with Crippen molar-refractivity contribution < 1.29 is 9.59 Å². The molecule has 0 saturated carbocycles. The molecule has 1 saturated heterocycles. The van der Waals surface area contributed by atoms with Gasteiger partial charge in [-0.05, 0) is 30.9 Å². The van der Waals surface area contributed by atoms with Crippen LogP contribution in [0.15, 0.2) is 24.3 Å². The van der Waals surface area contributed by atoms with Crippen molar-refractivity contribution in [3.63, 3.8) is 0 Å². The van der Waals surface area contributed by atoms with E-state index in [1.54, 1.807) is 4.90 Å². The molecule has 2 amide bonds. The van der Waals surface area contributed by atoms with Gasteiger partial charge >= 0.3 is 0 Å². The second-order valence-corrected chi connectivity index (χ2v) is 5.56. The minimum Gasteiger partial charge on any atom is -0.373 e. The topological polar surface area (TPSA) is 75.4 Å². The number of rotatable bonds is 2. The maximum atomic E-state index is 12.5. The van der Waals surface area contributed by atoms with Gasteiger partial charge in [0.25, 0.3) is 0 Å². The zero-order chi connectivity index (χ0) is 14.1. The number of amides is 2. The van der Waals surface area contributed by atoms with Crippen molar-refractivity contribution in [3.05, 3.63) is 29.8 Å². The Kier molecular flexibility index (Phi) is 3.34. The largest absolute Gasteiger partial charge is 0.373 e. The molecule has 1 fully saturated rings. The zero-order valence-corrected chi connectivity index (χ0v) is 11.3. The average Bonchev–Trinajstić information content (AvgIpc) is 2.96. The predicted octanol–water partition coefficient (Wildman–Crippen LogP) is 0.747. The minimum absolute atomic E-state index is 0.0863. The van der Waals surface area contributed by atoms with Crippen LogP contribution in [0.2, 0.25) is 0 Å². The summed E-state index contributed by atoms with van der Waals surface area (Å²) in [7, 11) is 0. The minimum atomic E-state index is -0.303. The Labute approximate surface area is 118 Å². The zero-order valence-electron chi connectivity index (χ0n) is 11.3. The van der Waals surface area contributed by atoms with Gasteiger partial charge in [0.15, 0.2) is 0 Å². The summed E-state index contributed by atoms with van der Waals surface area (Å²) < 4.78 is 0. The molecule has 2 unspecified atom stereocenters. The summed E-state index contributed by atoms with van der Waals surface area (Å²) in [5.74, 6) is -0.402. The highest BCUT2D eigenvalue weighted by molar-refractivity contribution is 5.87. The fraction of sp³-hybridized carbons (Fsp3) is 0.467. The van der Waals surface area contributed by atoms with Gasteiger partial charge in [-0.1, -0.05) is 18.2 Å². The van der Waals surface area contributed by atoms with E-state index >= 15 is 0 Å². The number of anilines is 1. The Balaban J connectivity index is 1.66. The summed E-state index contributed by atoms with van der Waals surface area (Å²) >= 11 is 0. The van der Waals surface area contributed by atoms with Crippen LogP contribution in [0.4, 0.5) is 5.69 Å². The molecule has 20 heavy (non-hydrogen) atoms. The fourth-order valence-electron chi connectivity index (χ4n) is 3.04. The molecule has 2 heterocycles. The summed E-state index contributed by atoms with van der Waals surface area (Å²) in [6.07, 6.45) is 2.39. The van der Waals surface area contributed by atoms with Crippen LogP contribution in [-0.4, -0.2) is 35.8 Å². The van der Waals surface area contributed by atoms with Gasteiger partial charge in [-0.2, -0.15) is 0 Å². The molecule has 5 heteroatoms. The lowest BCUT2D eigenvalue weighted by molar-refractivity contribution is -0.131. The van der Waals surface area contributed by atoms with Crippen molar-refractivity contribution in [1.29, 1.82) is 0 Å². The molecule has 1 aromatic carbocycles. The van der Waals surface area contributed by atoms with Crippen LogP contribution in [0.5, 0.6) is 0 Å². The van der Waals surface area contributed by atoms with E-state index in [9.17, 15) is 9.59 Å². The van der Waals surface area contributed by atoms with Crippen LogP contribution in [0.1, 0.15) is 18.4 Å². The molecule has 3 rings (SSSR count). The van der Waals surface area contributed by atoms with E-state index < -0.39 is 0 Å². The molecular formula is C15H19N3O2. The smallest absolute Gasteiger partial charge is 0.245 e. The quantitative estimate of drug-likeness (QED) is 0.835. The van der Waals surface area contributed by atoms with Gasteiger partial charge in [-0.15, -0.1) is 0 Å². The first kappa shape index (κ1) is 13.0. The first-order valence-electron chi connectivity index (χ1n) is 7.07. The number of benzene rings is 1. The monoisotopic (exact) mass is 273 g/mol. The van der Waals surface area contributed by atoms with Gasteiger partial charge in [0.1, 0.15) is 6.04 Å². The van der Waals surface area contributed by atoms with Crippen molar-refractivity contribution in [2.75, 3.05) is 18.4 Å². The standard InChI is InChI=1S/C15H19N3O2/c16-14(19)11-7-8-18(9-11)15(20)13-6-5-10-3-1-2-4-12(10)17-13/h1-4,11,13,17H,5-9H2,(H2,16,19). The van der Waals surface area contributed by atoms with E-state index in [1.165, 1.54) is 5.56 Å². The fourth-order valence-corrected chi connectivity index (χ4v) is 3.04. The van der Waals surface area contributed by atoms with Gasteiger partial charge in [-0.3, -0.25) is 9.59 Å². The summed E-state index contributed by atoms with van der Waals surface area (Å²) in [5, 5.41) is 3.31. The summed E-state index contributed by atoms with van der Waals surface area (Å²) in [6, 6.07) is 7.89. The molecular weight excluding hydrogens is 254 g/mol. The first-order chi connectivity index (χ1) is 9.65. The van der Waals surface area contributed by atoms with E-state index in [0.29, 0.717) is 19.5 Å². The van der Waals surface area contributed by atoms with Crippen molar-refractivity contribution in [3.8, 4) is 0 Å². The number of nitrogens with two attached hydrogens (primary N) is 1. The van der Waals surface area contributed by atoms with Crippen LogP contribution in [0, 0.1) is 5.92 Å². The number of primary amides is 1. The third-order valence-corrected chi connectivity index (χ3v) is 4.25. The van der Waals surface area contributed by atoms with Crippen molar-refractivity contribution in [2.24, 2.45) is 11.7 Å². The molecule has 2 aliphatic rings. The number of hydrogen-bond donors (Lipinski definition) is 2. The number of likely N-dealkylation sites (tertiary alicyclic amines) is 1. The van der Waals surface area contributed by atoms with Gasteiger partial charge in [0, 0.05) is 18.8 Å². The Morgan fingerprint density at radius 1 is 1.25 bits per heavy atom. The van der Waals surface area contributed by atoms with Crippen LogP contribution in [0.3, 0.4) is 0 Å². The maximum absolute atomic E-state index is 12.5. The number of carbonyl (C=O) groups excluding carboxylic acids is 2. The Morgan fingerprint density at radius 3 is 2.80 bits per heavy atom. The molecule has 0 radical (unpaired) electrons. The van der Waals surface area contributed by atoms with Crippen LogP contribution in [0.25, 0.3) is 0 Å². The predicted molar refractivity (Wildman–Crippen MR) is 76.1 cm³/mol. The molecule has 0 aromatic heterocycles. The van der Waals surface area contributed by atoms with Gasteiger partial charge in [-0.25, -0.2) is 0 Å². The van der Waals surface area contributed by atoms with Crippen molar-refractivity contribution in [1.82, 2.24) is 4.90 Å². The molecule has 3 N–H and O–H groups in total. The molecule has 0 aliphatic carbocycles. The molecule has 106 valence electrons. The van der Waals surface area contributed by atoms with Gasteiger partial charge in [0.05, 0.1) is 5.92 Å². The Hall–Kier alpha value is -2.04. The summed E-state index contributed by atoms with van der Waals surface area (Å²) in [4.78, 5) is 25.4. The molecule has 5 nitrogen and oxygen atoms in total. The normalized spacial score (nSPS) is 24.9. The van der Waals surface area contributed by atoms with E-state index in [2.05, 4.69) is 11.4 Å². The number of carbonyl (C=O) groups is 2. The summed E-state index contributed by atoms with van der Waals surface area (Å²) in [5.41, 5.74) is 7.61.